The molecular formula is C31H48F2. The van der Waals surface area contributed by atoms with Gasteiger partial charge in [0, 0.05) is 0 Å². The van der Waals surface area contributed by atoms with Crippen molar-refractivity contribution >= 4 is 0 Å². The Morgan fingerprint density at radius 3 is 1.64 bits per heavy atom. The van der Waals surface area contributed by atoms with E-state index in [9.17, 15) is 8.78 Å². The molecule has 3 aliphatic carbocycles. The topological polar surface area (TPSA) is 0 Å². The van der Waals surface area contributed by atoms with Crippen LogP contribution in [0.25, 0.3) is 0 Å². The summed E-state index contributed by atoms with van der Waals surface area (Å²) >= 11 is 0. The molecule has 2 unspecified atom stereocenters. The number of rotatable bonds is 9. The standard InChI is InChI=1S/C31H48F2/c1-3-5-23-10-14-29(21-23)26-17-15-25(16-18-26)24-11-7-22(8-12-24)9-13-28-20-19-27(6-4-2)30(32)31(28)33/h19-20,22-26,29H,3-18,21H2,1-2H3. The van der Waals surface area contributed by atoms with Crippen molar-refractivity contribution in [1.29, 1.82) is 0 Å². The lowest BCUT2D eigenvalue weighted by atomic mass is 9.66. The molecule has 0 amide bonds. The number of benzene rings is 1. The second kappa shape index (κ2) is 12.2. The van der Waals surface area contributed by atoms with E-state index < -0.39 is 11.6 Å². The molecule has 3 saturated carbocycles. The summed E-state index contributed by atoms with van der Waals surface area (Å²) < 4.78 is 28.7. The minimum absolute atomic E-state index is 0.530. The highest BCUT2D eigenvalue weighted by atomic mass is 19.2. The molecule has 0 aromatic heterocycles. The Kier molecular flexibility index (Phi) is 9.28. The zero-order valence-electron chi connectivity index (χ0n) is 21.4. The van der Waals surface area contributed by atoms with Gasteiger partial charge < -0.3 is 0 Å². The molecule has 1 aromatic rings. The van der Waals surface area contributed by atoms with Gasteiger partial charge in [-0.3, -0.25) is 0 Å². The summed E-state index contributed by atoms with van der Waals surface area (Å²) in [7, 11) is 0. The van der Waals surface area contributed by atoms with Crippen molar-refractivity contribution in [3.63, 3.8) is 0 Å². The van der Waals surface area contributed by atoms with E-state index in [1.54, 1.807) is 6.07 Å². The highest BCUT2D eigenvalue weighted by Gasteiger charge is 2.35. The lowest BCUT2D eigenvalue weighted by molar-refractivity contribution is 0.123. The molecule has 186 valence electrons. The number of hydrogen-bond acceptors (Lipinski definition) is 0. The fourth-order valence-corrected chi connectivity index (χ4v) is 7.89. The van der Waals surface area contributed by atoms with Gasteiger partial charge in [0.1, 0.15) is 0 Å². The molecule has 3 fully saturated rings. The fraction of sp³-hybridized carbons (Fsp3) is 0.806. The van der Waals surface area contributed by atoms with E-state index in [1.807, 2.05) is 13.0 Å². The first-order valence-corrected chi connectivity index (χ1v) is 14.5. The molecule has 0 spiro atoms. The summed E-state index contributed by atoms with van der Waals surface area (Å²) in [6.45, 7) is 4.35. The van der Waals surface area contributed by atoms with Crippen molar-refractivity contribution < 1.29 is 8.78 Å². The molecule has 0 heterocycles. The Bertz CT molecular complexity index is 725. The van der Waals surface area contributed by atoms with Gasteiger partial charge in [-0.2, -0.15) is 0 Å². The predicted octanol–water partition coefficient (Wildman–Crippen LogP) is 9.68. The van der Waals surface area contributed by atoms with Gasteiger partial charge in [-0.05, 0) is 117 Å². The zero-order chi connectivity index (χ0) is 23.2. The maximum absolute atomic E-state index is 14.5. The first-order valence-electron chi connectivity index (χ1n) is 14.5. The minimum atomic E-state index is -0.604. The average Bonchev–Trinajstić information content (AvgIpc) is 3.31. The minimum Gasteiger partial charge on any atom is -0.203 e. The molecule has 0 N–H and O–H groups in total. The summed E-state index contributed by atoms with van der Waals surface area (Å²) in [6.07, 6.45) is 21.8. The van der Waals surface area contributed by atoms with Gasteiger partial charge in [-0.25, -0.2) is 8.78 Å². The van der Waals surface area contributed by atoms with Gasteiger partial charge in [0.15, 0.2) is 11.6 Å². The molecule has 0 saturated heterocycles. The second-order valence-corrected chi connectivity index (χ2v) is 12.0. The molecule has 2 heteroatoms. The monoisotopic (exact) mass is 458 g/mol. The van der Waals surface area contributed by atoms with E-state index in [0.29, 0.717) is 29.9 Å². The van der Waals surface area contributed by atoms with Crippen molar-refractivity contribution in [3.05, 3.63) is 34.9 Å². The largest absolute Gasteiger partial charge is 0.203 e. The first kappa shape index (κ1) is 25.2. The van der Waals surface area contributed by atoms with Crippen LogP contribution in [0.2, 0.25) is 0 Å². The summed E-state index contributed by atoms with van der Waals surface area (Å²) in [4.78, 5) is 0. The van der Waals surface area contributed by atoms with Gasteiger partial charge in [-0.1, -0.05) is 64.5 Å². The normalized spacial score (nSPS) is 32.8. The molecule has 3 aliphatic rings. The number of aryl methyl sites for hydroxylation is 2. The molecule has 33 heavy (non-hydrogen) atoms. The van der Waals surface area contributed by atoms with Gasteiger partial charge in [0.2, 0.25) is 0 Å². The van der Waals surface area contributed by atoms with Crippen LogP contribution < -0.4 is 0 Å². The summed E-state index contributed by atoms with van der Waals surface area (Å²) in [5.41, 5.74) is 1.11. The Morgan fingerprint density at radius 1 is 0.576 bits per heavy atom. The van der Waals surface area contributed by atoms with Crippen LogP contribution >= 0.6 is 0 Å². The van der Waals surface area contributed by atoms with Crippen molar-refractivity contribution in [1.82, 2.24) is 0 Å². The van der Waals surface area contributed by atoms with Crippen molar-refractivity contribution in [2.45, 2.75) is 123 Å². The average molecular weight is 459 g/mol. The molecule has 4 rings (SSSR count). The van der Waals surface area contributed by atoms with E-state index in [2.05, 4.69) is 6.92 Å². The molecule has 2 atom stereocenters. The SMILES string of the molecule is CCCc1ccc(CCC2CCC(C3CCC(C4CCC(CCC)C4)CC3)CC2)c(F)c1F. The predicted molar refractivity (Wildman–Crippen MR) is 135 cm³/mol. The Hall–Kier alpha value is -0.920. The Morgan fingerprint density at radius 2 is 1.06 bits per heavy atom. The third-order valence-electron chi connectivity index (χ3n) is 9.90. The molecular weight excluding hydrogens is 410 g/mol. The van der Waals surface area contributed by atoms with E-state index in [4.69, 9.17) is 0 Å². The van der Waals surface area contributed by atoms with E-state index in [-0.39, 0.29) is 0 Å². The van der Waals surface area contributed by atoms with E-state index >= 15 is 0 Å². The van der Waals surface area contributed by atoms with E-state index in [1.165, 1.54) is 83.5 Å². The molecule has 1 aromatic carbocycles. The van der Waals surface area contributed by atoms with Crippen LogP contribution in [0.3, 0.4) is 0 Å². The van der Waals surface area contributed by atoms with Crippen LogP contribution in [-0.4, -0.2) is 0 Å². The lowest BCUT2D eigenvalue weighted by Gasteiger charge is -2.39. The fourth-order valence-electron chi connectivity index (χ4n) is 7.89. The molecule has 0 bridgehead atoms. The van der Waals surface area contributed by atoms with Crippen LogP contribution in [0, 0.1) is 47.1 Å². The molecule has 0 aliphatic heterocycles. The second-order valence-electron chi connectivity index (χ2n) is 12.0. The van der Waals surface area contributed by atoms with Crippen LogP contribution in [0.5, 0.6) is 0 Å². The lowest BCUT2D eigenvalue weighted by Crippen LogP contribution is -2.28. The van der Waals surface area contributed by atoms with Gasteiger partial charge in [-0.15, -0.1) is 0 Å². The quantitative estimate of drug-likeness (QED) is 0.345. The number of hydrogen-bond donors (Lipinski definition) is 0. The molecule has 0 nitrogen and oxygen atoms in total. The summed E-state index contributed by atoms with van der Waals surface area (Å²) in [5.74, 6) is 4.50. The highest BCUT2D eigenvalue weighted by Crippen LogP contribution is 2.47. The maximum Gasteiger partial charge on any atom is 0.162 e. The molecule has 0 radical (unpaired) electrons. The van der Waals surface area contributed by atoms with E-state index in [0.717, 1.165) is 42.4 Å². The smallest absolute Gasteiger partial charge is 0.162 e. The zero-order valence-corrected chi connectivity index (χ0v) is 21.4. The summed E-state index contributed by atoms with van der Waals surface area (Å²) in [6, 6.07) is 3.64. The number of halogens is 2. The van der Waals surface area contributed by atoms with Crippen LogP contribution in [0.1, 0.15) is 121 Å². The van der Waals surface area contributed by atoms with Gasteiger partial charge >= 0.3 is 0 Å². The Balaban J connectivity index is 1.17. The van der Waals surface area contributed by atoms with Gasteiger partial charge in [0.25, 0.3) is 0 Å². The maximum atomic E-state index is 14.5. The highest BCUT2D eigenvalue weighted by molar-refractivity contribution is 5.26. The summed E-state index contributed by atoms with van der Waals surface area (Å²) in [5, 5.41) is 0. The van der Waals surface area contributed by atoms with Crippen LogP contribution in [-0.2, 0) is 12.8 Å². The third kappa shape index (κ3) is 6.40. The van der Waals surface area contributed by atoms with Crippen LogP contribution in [0.4, 0.5) is 8.78 Å². The third-order valence-corrected chi connectivity index (χ3v) is 9.90. The Labute approximate surface area is 202 Å². The van der Waals surface area contributed by atoms with Crippen molar-refractivity contribution in [2.24, 2.45) is 35.5 Å². The first-order chi connectivity index (χ1) is 16.1. The van der Waals surface area contributed by atoms with Crippen molar-refractivity contribution in [2.75, 3.05) is 0 Å². The van der Waals surface area contributed by atoms with Gasteiger partial charge in [0.05, 0.1) is 0 Å². The van der Waals surface area contributed by atoms with Crippen molar-refractivity contribution in [3.8, 4) is 0 Å². The van der Waals surface area contributed by atoms with Crippen LogP contribution in [0.15, 0.2) is 12.1 Å².